The fourth-order valence-corrected chi connectivity index (χ4v) is 4.80. The van der Waals surface area contributed by atoms with Gasteiger partial charge in [-0.3, -0.25) is 14.4 Å². The Morgan fingerprint density at radius 1 is 0.655 bits per heavy atom. The normalized spacial score (nSPS) is 12.2. The molecule has 5 N–H and O–H groups in total. The Bertz CT molecular complexity index is 1230. The number of carbonyl (C=O) groups is 3. The Kier molecular flexibility index (Phi) is 34.2. The molecule has 0 aliphatic carbocycles. The van der Waals surface area contributed by atoms with Crippen molar-refractivity contribution in [2.24, 2.45) is 16.8 Å². The van der Waals surface area contributed by atoms with Gasteiger partial charge in [-0.1, -0.05) is 31.1 Å². The number of nitrogens with two attached hydrogens (primary N) is 1. The lowest BCUT2D eigenvalue weighted by atomic mass is 10.0. The number of rotatable bonds is 40. The molecule has 1 aromatic carbocycles. The number of ether oxygens (including phenoxy) is 9. The van der Waals surface area contributed by atoms with Gasteiger partial charge >= 0.3 is 0 Å². The van der Waals surface area contributed by atoms with Crippen molar-refractivity contribution in [3.05, 3.63) is 47.2 Å². The highest BCUT2D eigenvalue weighted by molar-refractivity contribution is 5.98. The highest BCUT2D eigenvalue weighted by Gasteiger charge is 2.28. The van der Waals surface area contributed by atoms with Crippen molar-refractivity contribution in [1.82, 2.24) is 10.6 Å². The summed E-state index contributed by atoms with van der Waals surface area (Å²) in [7, 11) is 0. The third-order valence-corrected chi connectivity index (χ3v) is 7.92. The molecule has 0 heterocycles. The molecule has 19 nitrogen and oxygen atoms in total. The van der Waals surface area contributed by atoms with Gasteiger partial charge in [-0.25, -0.2) is 0 Å². The van der Waals surface area contributed by atoms with Crippen LogP contribution in [0.4, 0.5) is 5.69 Å². The summed E-state index contributed by atoms with van der Waals surface area (Å²) in [6, 6.07) is 5.45. The molecular formula is C39H68N7O12. The third-order valence-electron chi connectivity index (χ3n) is 7.92. The standard InChI is InChI=1S/C39H68N7O12/c1-32(2)37(39(49)44-35(6-4-5-12-40)38(48)43-34-9-7-33(3)8-10-34)45-36(47)11-14-50-16-18-52-20-22-54-24-26-56-28-30-58-31-29-57-27-25-55-23-21-53-19-17-51-15-13-42-46-41/h7-10,32,35,37H,3-6,11-31,40H2,1-2H3,(H,43,48)(H,44,49)(H,45,47)/t35-,37-/m0/s1. The molecule has 0 aromatic heterocycles. The predicted octanol–water partition coefficient (Wildman–Crippen LogP) is 2.41. The Balaban J connectivity index is 2.00. The van der Waals surface area contributed by atoms with Crippen molar-refractivity contribution < 1.29 is 57.0 Å². The van der Waals surface area contributed by atoms with Gasteiger partial charge in [-0.2, -0.15) is 0 Å². The van der Waals surface area contributed by atoms with E-state index in [1.165, 1.54) is 0 Å². The number of azide groups is 1. The number of unbranched alkanes of at least 4 members (excludes halogenated alkanes) is 1. The number of hydrogen-bond donors (Lipinski definition) is 4. The van der Waals surface area contributed by atoms with Gasteiger partial charge in [0.2, 0.25) is 17.7 Å². The average Bonchev–Trinajstić information content (AvgIpc) is 3.21. The van der Waals surface area contributed by atoms with Crippen LogP contribution in [0.2, 0.25) is 0 Å². The van der Waals surface area contributed by atoms with Gasteiger partial charge in [0.1, 0.15) is 12.1 Å². The molecule has 1 aromatic rings. The van der Waals surface area contributed by atoms with E-state index in [1.54, 1.807) is 24.3 Å². The summed E-state index contributed by atoms with van der Waals surface area (Å²) in [6.45, 7) is 15.7. The number of amides is 3. The molecular weight excluding hydrogens is 758 g/mol. The fourth-order valence-electron chi connectivity index (χ4n) is 4.80. The number of hydrogen-bond acceptors (Lipinski definition) is 14. The van der Waals surface area contributed by atoms with E-state index >= 15 is 0 Å². The van der Waals surface area contributed by atoms with Crippen LogP contribution in [0.3, 0.4) is 0 Å². The summed E-state index contributed by atoms with van der Waals surface area (Å²) in [4.78, 5) is 41.6. The number of anilines is 1. The molecule has 0 aliphatic rings. The SMILES string of the molecule is [CH2]c1ccc(NC(=O)[C@H](CCCCN)NC(=O)[C@@H](NC(=O)CCOCCOCCOCCOCCOCCOCCOCCOCCOCCN=[N+]=[N-])C(C)C)cc1. The first-order chi connectivity index (χ1) is 28.3. The quantitative estimate of drug-likeness (QED) is 0.0322. The number of carbonyl (C=O) groups excluding carboxylic acids is 3. The third kappa shape index (κ3) is 30.6. The lowest BCUT2D eigenvalue weighted by molar-refractivity contribution is -0.132. The molecule has 0 unspecified atom stereocenters. The van der Waals surface area contributed by atoms with Gasteiger partial charge in [0.25, 0.3) is 0 Å². The summed E-state index contributed by atoms with van der Waals surface area (Å²) in [5.41, 5.74) is 15.2. The molecule has 1 radical (unpaired) electrons. The Morgan fingerprint density at radius 2 is 1.09 bits per heavy atom. The summed E-state index contributed by atoms with van der Waals surface area (Å²) < 4.78 is 48.9. The minimum atomic E-state index is -0.826. The molecule has 3 amide bonds. The van der Waals surface area contributed by atoms with Crippen LogP contribution in [0, 0.1) is 12.8 Å². The van der Waals surface area contributed by atoms with Crippen molar-refractivity contribution in [1.29, 1.82) is 0 Å². The largest absolute Gasteiger partial charge is 0.379 e. The molecule has 1 rings (SSSR count). The molecule has 331 valence electrons. The van der Waals surface area contributed by atoms with Crippen molar-refractivity contribution in [2.45, 2.75) is 51.6 Å². The van der Waals surface area contributed by atoms with E-state index < -0.39 is 18.0 Å². The zero-order valence-corrected chi connectivity index (χ0v) is 34.5. The van der Waals surface area contributed by atoms with Gasteiger partial charge < -0.3 is 64.3 Å². The number of benzene rings is 1. The van der Waals surface area contributed by atoms with Gasteiger partial charge in [-0.05, 0) is 61.9 Å². The van der Waals surface area contributed by atoms with E-state index in [0.717, 1.165) is 5.56 Å². The predicted molar refractivity (Wildman–Crippen MR) is 217 cm³/mol. The number of nitrogens with zero attached hydrogens (tertiary/aromatic N) is 3. The van der Waals surface area contributed by atoms with Crippen LogP contribution < -0.4 is 21.7 Å². The lowest BCUT2D eigenvalue weighted by Gasteiger charge is -2.25. The van der Waals surface area contributed by atoms with E-state index in [1.807, 2.05) is 13.8 Å². The molecule has 0 saturated heterocycles. The molecule has 0 saturated carbocycles. The maximum Gasteiger partial charge on any atom is 0.246 e. The minimum Gasteiger partial charge on any atom is -0.379 e. The monoisotopic (exact) mass is 826 g/mol. The molecule has 0 fully saturated rings. The second-order valence-corrected chi connectivity index (χ2v) is 13.0. The maximum atomic E-state index is 13.3. The van der Waals surface area contributed by atoms with Crippen molar-refractivity contribution >= 4 is 23.4 Å². The summed E-state index contributed by atoms with van der Waals surface area (Å²) in [5, 5.41) is 11.8. The topological polar surface area (TPSA) is 245 Å². The van der Waals surface area contributed by atoms with E-state index in [9.17, 15) is 14.4 Å². The van der Waals surface area contributed by atoms with Crippen LogP contribution in [0.15, 0.2) is 29.4 Å². The van der Waals surface area contributed by atoms with Crippen LogP contribution >= 0.6 is 0 Å². The summed E-state index contributed by atoms with van der Waals surface area (Å²) in [6.07, 6.45) is 1.85. The van der Waals surface area contributed by atoms with Gasteiger partial charge in [0, 0.05) is 23.6 Å². The van der Waals surface area contributed by atoms with Gasteiger partial charge in [0.15, 0.2) is 0 Å². The van der Waals surface area contributed by atoms with Crippen LogP contribution in [0.1, 0.15) is 45.1 Å². The van der Waals surface area contributed by atoms with E-state index in [-0.39, 0.29) is 30.8 Å². The molecule has 58 heavy (non-hydrogen) atoms. The fraction of sp³-hybridized carbons (Fsp3) is 0.744. The number of nitrogens with one attached hydrogen (secondary N) is 3. The molecule has 0 aliphatic heterocycles. The molecule has 0 bridgehead atoms. The van der Waals surface area contributed by atoms with Crippen LogP contribution in [-0.2, 0) is 57.0 Å². The highest BCUT2D eigenvalue weighted by Crippen LogP contribution is 2.12. The Labute approximate surface area is 343 Å². The zero-order valence-electron chi connectivity index (χ0n) is 34.5. The average molecular weight is 827 g/mol. The molecule has 2 atom stereocenters. The van der Waals surface area contributed by atoms with Crippen molar-refractivity contribution in [3.63, 3.8) is 0 Å². The zero-order chi connectivity index (χ0) is 42.3. The molecule has 19 heteroatoms. The summed E-state index contributed by atoms with van der Waals surface area (Å²) >= 11 is 0. The maximum absolute atomic E-state index is 13.3. The first kappa shape index (κ1) is 52.6. The van der Waals surface area contributed by atoms with Crippen LogP contribution in [0.25, 0.3) is 10.4 Å². The van der Waals surface area contributed by atoms with Crippen molar-refractivity contribution in [3.8, 4) is 0 Å². The van der Waals surface area contributed by atoms with Crippen LogP contribution in [-0.4, -0.2) is 162 Å². The highest BCUT2D eigenvalue weighted by atomic mass is 16.6. The molecule has 0 spiro atoms. The lowest BCUT2D eigenvalue weighted by Crippen LogP contribution is -2.54. The van der Waals surface area contributed by atoms with Gasteiger partial charge in [-0.15, -0.1) is 0 Å². The van der Waals surface area contributed by atoms with Crippen LogP contribution in [0.5, 0.6) is 0 Å². The second-order valence-electron chi connectivity index (χ2n) is 13.0. The van der Waals surface area contributed by atoms with Gasteiger partial charge in [0.05, 0.1) is 119 Å². The van der Waals surface area contributed by atoms with E-state index in [4.69, 9.17) is 53.9 Å². The first-order valence-corrected chi connectivity index (χ1v) is 20.0. The second kappa shape index (κ2) is 37.8. The van der Waals surface area contributed by atoms with E-state index in [0.29, 0.717) is 150 Å². The Morgan fingerprint density at radius 3 is 1.50 bits per heavy atom. The first-order valence-electron chi connectivity index (χ1n) is 20.0. The van der Waals surface area contributed by atoms with Crippen molar-refractivity contribution in [2.75, 3.05) is 137 Å². The Hall–Kier alpha value is -3.46. The smallest absolute Gasteiger partial charge is 0.246 e. The summed E-state index contributed by atoms with van der Waals surface area (Å²) in [5.74, 6) is -1.32. The minimum absolute atomic E-state index is 0.0661. The van der Waals surface area contributed by atoms with E-state index in [2.05, 4.69) is 32.9 Å².